The molecule has 5 rings (SSSR count). The number of nitrogens with one attached hydrogen (secondary N) is 2. The van der Waals surface area contributed by atoms with Crippen molar-refractivity contribution >= 4 is 49.8 Å². The molecule has 0 saturated carbocycles. The molecule has 164 valence electrons. The topological polar surface area (TPSA) is 98.4 Å². The predicted octanol–water partition coefficient (Wildman–Crippen LogP) is 2.46. The maximum atomic E-state index is 13.1. The number of aromatic amines is 1. The Morgan fingerprint density at radius 1 is 1.23 bits per heavy atom. The molecule has 1 unspecified atom stereocenters. The number of carbonyl (C=O) groups is 1. The SMILES string of the molecule is CC1Cc2nc(C(=O)N3CCN(S(=O)(=O)c4cc5cc(Cl)ccc5[nH]4)CC3)sc2CN1. The van der Waals surface area contributed by atoms with Crippen LogP contribution in [0.3, 0.4) is 0 Å². The van der Waals surface area contributed by atoms with E-state index in [0.29, 0.717) is 34.7 Å². The second kappa shape index (κ2) is 7.86. The van der Waals surface area contributed by atoms with Crippen molar-refractivity contribution in [3.63, 3.8) is 0 Å². The summed E-state index contributed by atoms with van der Waals surface area (Å²) in [5.74, 6) is -0.121. The molecule has 2 aliphatic heterocycles. The van der Waals surface area contributed by atoms with E-state index >= 15 is 0 Å². The van der Waals surface area contributed by atoms with Crippen LogP contribution in [0.1, 0.15) is 27.3 Å². The summed E-state index contributed by atoms with van der Waals surface area (Å²) < 4.78 is 27.6. The summed E-state index contributed by atoms with van der Waals surface area (Å²) in [6.45, 7) is 4.00. The van der Waals surface area contributed by atoms with E-state index in [4.69, 9.17) is 11.6 Å². The highest BCUT2D eigenvalue weighted by Crippen LogP contribution is 2.27. The van der Waals surface area contributed by atoms with Gasteiger partial charge in [0.1, 0.15) is 5.03 Å². The maximum absolute atomic E-state index is 13.1. The Morgan fingerprint density at radius 3 is 2.77 bits per heavy atom. The number of benzene rings is 1. The average molecular weight is 480 g/mol. The highest BCUT2D eigenvalue weighted by atomic mass is 35.5. The number of carbonyl (C=O) groups excluding carboxylic acids is 1. The third kappa shape index (κ3) is 3.87. The van der Waals surface area contributed by atoms with Crippen molar-refractivity contribution in [2.24, 2.45) is 0 Å². The second-order valence-electron chi connectivity index (χ2n) is 7.94. The molecule has 0 radical (unpaired) electrons. The highest BCUT2D eigenvalue weighted by molar-refractivity contribution is 7.89. The van der Waals surface area contributed by atoms with Crippen LogP contribution in [0.25, 0.3) is 10.9 Å². The van der Waals surface area contributed by atoms with Crippen molar-refractivity contribution in [1.82, 2.24) is 24.5 Å². The third-order valence-electron chi connectivity index (χ3n) is 5.77. The van der Waals surface area contributed by atoms with Crippen LogP contribution >= 0.6 is 22.9 Å². The lowest BCUT2D eigenvalue weighted by Gasteiger charge is -2.33. The van der Waals surface area contributed by atoms with Gasteiger partial charge in [0.25, 0.3) is 15.9 Å². The number of nitrogens with zero attached hydrogens (tertiary/aromatic N) is 3. The van der Waals surface area contributed by atoms with Gasteiger partial charge in [-0.3, -0.25) is 4.79 Å². The number of aromatic nitrogens is 2. The molecule has 11 heteroatoms. The summed E-state index contributed by atoms with van der Waals surface area (Å²) in [5, 5.41) is 5.31. The Labute approximate surface area is 189 Å². The van der Waals surface area contributed by atoms with Gasteiger partial charge in [-0.15, -0.1) is 11.3 Å². The minimum absolute atomic E-state index is 0.121. The monoisotopic (exact) mass is 479 g/mol. The lowest BCUT2D eigenvalue weighted by molar-refractivity contribution is 0.0697. The molecule has 2 aliphatic rings. The Hall–Kier alpha value is -1.98. The molecule has 1 aromatic carbocycles. The summed E-state index contributed by atoms with van der Waals surface area (Å²) in [4.78, 5) is 23.3. The van der Waals surface area contributed by atoms with Gasteiger partial charge in [-0.05, 0) is 31.2 Å². The van der Waals surface area contributed by atoms with E-state index in [1.54, 1.807) is 29.2 Å². The maximum Gasteiger partial charge on any atom is 0.282 e. The fourth-order valence-electron chi connectivity index (χ4n) is 4.02. The van der Waals surface area contributed by atoms with E-state index < -0.39 is 10.0 Å². The van der Waals surface area contributed by atoms with Gasteiger partial charge in [0, 0.05) is 66.0 Å². The van der Waals surface area contributed by atoms with Gasteiger partial charge in [-0.2, -0.15) is 4.31 Å². The first-order valence-corrected chi connectivity index (χ1v) is 12.7. The number of piperazine rings is 1. The Bertz CT molecular complexity index is 1260. The summed E-state index contributed by atoms with van der Waals surface area (Å²) in [6.07, 6.45) is 0.820. The summed E-state index contributed by atoms with van der Waals surface area (Å²) in [6, 6.07) is 7.16. The van der Waals surface area contributed by atoms with E-state index in [1.165, 1.54) is 15.6 Å². The zero-order chi connectivity index (χ0) is 21.8. The van der Waals surface area contributed by atoms with Gasteiger partial charge in [-0.25, -0.2) is 13.4 Å². The second-order valence-corrected chi connectivity index (χ2v) is 11.4. The molecule has 0 aliphatic carbocycles. The standard InChI is InChI=1S/C20H22ClN5O3S2/c1-12-8-16-17(11-22-12)30-19(24-16)20(27)25-4-6-26(7-5-25)31(28,29)18-10-13-9-14(21)2-3-15(13)23-18/h2-3,9-10,12,22-23H,4-8,11H2,1H3. The fourth-order valence-corrected chi connectivity index (χ4v) is 6.65. The van der Waals surface area contributed by atoms with E-state index in [0.717, 1.165) is 28.9 Å². The lowest BCUT2D eigenvalue weighted by atomic mass is 10.1. The zero-order valence-electron chi connectivity index (χ0n) is 16.9. The van der Waals surface area contributed by atoms with Gasteiger partial charge < -0.3 is 15.2 Å². The van der Waals surface area contributed by atoms with Gasteiger partial charge in [-0.1, -0.05) is 11.6 Å². The van der Waals surface area contributed by atoms with Crippen molar-refractivity contribution in [3.05, 3.63) is 44.9 Å². The molecule has 3 aromatic rings. The van der Waals surface area contributed by atoms with Gasteiger partial charge >= 0.3 is 0 Å². The molecule has 0 spiro atoms. The number of H-pyrrole nitrogens is 1. The number of hydrogen-bond donors (Lipinski definition) is 2. The van der Waals surface area contributed by atoms with Crippen molar-refractivity contribution in [3.8, 4) is 0 Å². The molecule has 2 N–H and O–H groups in total. The van der Waals surface area contributed by atoms with E-state index in [-0.39, 0.29) is 24.0 Å². The molecule has 31 heavy (non-hydrogen) atoms. The van der Waals surface area contributed by atoms with Gasteiger partial charge in [0.15, 0.2) is 5.01 Å². The first kappa shape index (κ1) is 20.9. The Kier molecular flexibility index (Phi) is 5.30. The molecule has 1 saturated heterocycles. The summed E-state index contributed by atoms with van der Waals surface area (Å²) in [7, 11) is -3.68. The van der Waals surface area contributed by atoms with E-state index in [1.807, 2.05) is 0 Å². The number of sulfonamides is 1. The molecular weight excluding hydrogens is 458 g/mol. The number of amides is 1. The van der Waals surface area contributed by atoms with Crippen LogP contribution < -0.4 is 5.32 Å². The number of rotatable bonds is 3. The van der Waals surface area contributed by atoms with Crippen LogP contribution in [0.2, 0.25) is 5.02 Å². The third-order valence-corrected chi connectivity index (χ3v) is 8.91. The normalized spacial score (nSPS) is 20.2. The fraction of sp³-hybridized carbons (Fsp3) is 0.400. The lowest BCUT2D eigenvalue weighted by Crippen LogP contribution is -2.50. The summed E-state index contributed by atoms with van der Waals surface area (Å²) in [5.41, 5.74) is 1.72. The molecule has 4 heterocycles. The largest absolute Gasteiger partial charge is 0.345 e. The van der Waals surface area contributed by atoms with Gasteiger partial charge in [0.2, 0.25) is 0 Å². The first-order chi connectivity index (χ1) is 14.8. The average Bonchev–Trinajstić information content (AvgIpc) is 3.37. The van der Waals surface area contributed by atoms with Crippen molar-refractivity contribution in [2.75, 3.05) is 26.2 Å². The minimum Gasteiger partial charge on any atom is -0.345 e. The smallest absolute Gasteiger partial charge is 0.282 e. The summed E-state index contributed by atoms with van der Waals surface area (Å²) >= 11 is 7.44. The molecule has 1 amide bonds. The van der Waals surface area contributed by atoms with E-state index in [9.17, 15) is 13.2 Å². The van der Waals surface area contributed by atoms with Crippen LogP contribution in [0.4, 0.5) is 0 Å². The zero-order valence-corrected chi connectivity index (χ0v) is 19.3. The van der Waals surface area contributed by atoms with E-state index in [2.05, 4.69) is 22.2 Å². The van der Waals surface area contributed by atoms with Crippen LogP contribution in [0.5, 0.6) is 0 Å². The van der Waals surface area contributed by atoms with Crippen LogP contribution in [0.15, 0.2) is 29.3 Å². The predicted molar refractivity (Wildman–Crippen MR) is 120 cm³/mol. The quantitative estimate of drug-likeness (QED) is 0.601. The molecule has 1 fully saturated rings. The van der Waals surface area contributed by atoms with Crippen LogP contribution in [-0.2, 0) is 23.0 Å². The first-order valence-electron chi connectivity index (χ1n) is 10.1. The van der Waals surface area contributed by atoms with Crippen molar-refractivity contribution in [1.29, 1.82) is 0 Å². The molecule has 2 aromatic heterocycles. The van der Waals surface area contributed by atoms with Crippen LogP contribution in [0, 0.1) is 0 Å². The van der Waals surface area contributed by atoms with Gasteiger partial charge in [0.05, 0.1) is 5.69 Å². The van der Waals surface area contributed by atoms with Crippen LogP contribution in [-0.4, -0.2) is 65.7 Å². The van der Waals surface area contributed by atoms with Crippen molar-refractivity contribution in [2.45, 2.75) is 31.0 Å². The minimum atomic E-state index is -3.68. The molecular formula is C20H22ClN5O3S2. The number of thiazole rings is 1. The number of fused-ring (bicyclic) bond motifs is 2. The molecule has 1 atom stereocenters. The number of hydrogen-bond acceptors (Lipinski definition) is 6. The highest BCUT2D eigenvalue weighted by Gasteiger charge is 2.33. The number of halogens is 1. The Balaban J connectivity index is 1.28. The molecule has 8 nitrogen and oxygen atoms in total. The molecule has 0 bridgehead atoms. The Morgan fingerprint density at radius 2 is 2.00 bits per heavy atom. The van der Waals surface area contributed by atoms with Crippen molar-refractivity contribution < 1.29 is 13.2 Å².